The van der Waals surface area contributed by atoms with Gasteiger partial charge in [-0.3, -0.25) is 0 Å². The summed E-state index contributed by atoms with van der Waals surface area (Å²) in [5, 5.41) is 8.65. The topological polar surface area (TPSA) is 76.0 Å². The van der Waals surface area contributed by atoms with E-state index in [2.05, 4.69) is 16.3 Å². The molecule has 5 nitrogen and oxygen atoms in total. The van der Waals surface area contributed by atoms with Crippen molar-refractivity contribution in [3.63, 3.8) is 0 Å². The molecule has 0 heterocycles. The third-order valence-electron chi connectivity index (χ3n) is 0.743. The maximum Gasteiger partial charge on any atom is 0.330 e. The first-order valence-corrected chi connectivity index (χ1v) is 2.75. The lowest BCUT2D eigenvalue weighted by atomic mass is 10.6. The Kier molecular flexibility index (Phi) is 4.64. The van der Waals surface area contributed by atoms with E-state index in [0.717, 1.165) is 12.2 Å². The second-order valence-corrected chi connectivity index (χ2v) is 1.54. The summed E-state index contributed by atoms with van der Waals surface area (Å²) in [5.41, 5.74) is 0. The third kappa shape index (κ3) is 5.02. The van der Waals surface area contributed by atoms with Gasteiger partial charge in [-0.15, -0.1) is 0 Å². The Morgan fingerprint density at radius 3 is 3.00 bits per heavy atom. The van der Waals surface area contributed by atoms with Crippen LogP contribution < -0.4 is 0 Å². The normalized spacial score (nSPS) is 11.0. The Balaban J connectivity index is 3.61. The molecule has 0 rings (SSSR count). The number of carbonyl (C=O) groups is 1. The van der Waals surface area contributed by atoms with Gasteiger partial charge in [-0.05, 0) is 0 Å². The van der Waals surface area contributed by atoms with Crippen LogP contribution in [0, 0.1) is 0 Å². The number of aliphatic imine (C=N–C) groups is 1. The van der Waals surface area contributed by atoms with E-state index in [1.807, 2.05) is 0 Å². The minimum Gasteiger partial charge on any atom is -0.458 e. The SMILES string of the molecule is C=CC(=O)OCC(O)N=C=O. The highest BCUT2D eigenvalue weighted by atomic mass is 16.5. The van der Waals surface area contributed by atoms with Crippen molar-refractivity contribution >= 4 is 12.0 Å². The summed E-state index contributed by atoms with van der Waals surface area (Å²) in [7, 11) is 0. The van der Waals surface area contributed by atoms with E-state index >= 15 is 0 Å². The summed E-state index contributed by atoms with van der Waals surface area (Å²) in [5.74, 6) is -0.676. The molecular weight excluding hydrogens is 150 g/mol. The molecule has 0 saturated heterocycles. The van der Waals surface area contributed by atoms with Gasteiger partial charge in [-0.1, -0.05) is 6.58 Å². The molecule has 60 valence electrons. The molecule has 0 bridgehead atoms. The molecule has 0 radical (unpaired) electrons. The van der Waals surface area contributed by atoms with E-state index in [0.29, 0.717) is 0 Å². The number of aliphatic hydroxyl groups is 1. The summed E-state index contributed by atoms with van der Waals surface area (Å²) in [6.07, 6.45) is 0.722. The van der Waals surface area contributed by atoms with Gasteiger partial charge in [0.1, 0.15) is 6.61 Å². The third-order valence-corrected chi connectivity index (χ3v) is 0.743. The lowest BCUT2D eigenvalue weighted by molar-refractivity contribution is -0.140. The standard InChI is InChI=1S/C6H7NO4/c1-2-6(10)11-3-5(9)7-4-8/h2,5,9H,1,3H2. The number of hydrogen-bond acceptors (Lipinski definition) is 5. The summed E-state index contributed by atoms with van der Waals surface area (Å²) in [4.78, 5) is 22.7. The van der Waals surface area contributed by atoms with Crippen LogP contribution in [-0.4, -0.2) is 30.0 Å². The van der Waals surface area contributed by atoms with Crippen molar-refractivity contribution in [2.45, 2.75) is 6.23 Å². The second kappa shape index (κ2) is 5.34. The Labute approximate surface area is 63.0 Å². The van der Waals surface area contributed by atoms with Gasteiger partial charge in [-0.25, -0.2) is 9.59 Å². The quantitative estimate of drug-likeness (QED) is 0.255. The maximum absolute atomic E-state index is 10.3. The van der Waals surface area contributed by atoms with Crippen LogP contribution in [0.4, 0.5) is 0 Å². The molecule has 5 heteroatoms. The van der Waals surface area contributed by atoms with Gasteiger partial charge >= 0.3 is 5.97 Å². The van der Waals surface area contributed by atoms with Crippen molar-refractivity contribution in [2.75, 3.05) is 6.61 Å². The minimum atomic E-state index is -1.34. The first kappa shape index (κ1) is 9.55. The molecule has 0 amide bonds. The fraction of sp³-hybridized carbons (Fsp3) is 0.333. The van der Waals surface area contributed by atoms with E-state index in [9.17, 15) is 9.59 Å². The van der Waals surface area contributed by atoms with Gasteiger partial charge < -0.3 is 9.84 Å². The van der Waals surface area contributed by atoms with Crippen LogP contribution in [0.1, 0.15) is 0 Å². The minimum absolute atomic E-state index is 0.361. The summed E-state index contributed by atoms with van der Waals surface area (Å²) in [6, 6.07) is 0. The predicted octanol–water partition coefficient (Wildman–Crippen LogP) is -0.630. The average molecular weight is 157 g/mol. The first-order valence-electron chi connectivity index (χ1n) is 2.75. The molecule has 0 aromatic carbocycles. The predicted molar refractivity (Wildman–Crippen MR) is 35.3 cm³/mol. The number of hydrogen-bond donors (Lipinski definition) is 1. The molecule has 0 aliphatic rings. The van der Waals surface area contributed by atoms with Crippen molar-refractivity contribution in [2.24, 2.45) is 4.99 Å². The van der Waals surface area contributed by atoms with Gasteiger partial charge in [0, 0.05) is 6.08 Å². The number of aliphatic hydroxyl groups excluding tert-OH is 1. The summed E-state index contributed by atoms with van der Waals surface area (Å²) in [6.45, 7) is 2.76. The zero-order valence-electron chi connectivity index (χ0n) is 5.69. The van der Waals surface area contributed by atoms with E-state index in [4.69, 9.17) is 5.11 Å². The molecular formula is C6H7NO4. The fourth-order valence-electron chi connectivity index (χ4n) is 0.314. The lowest BCUT2D eigenvalue weighted by Crippen LogP contribution is -2.14. The lowest BCUT2D eigenvalue weighted by Gasteiger charge is -2.01. The number of nitrogens with zero attached hydrogens (tertiary/aromatic N) is 1. The average Bonchev–Trinajstić information content (AvgIpc) is 2.01. The van der Waals surface area contributed by atoms with E-state index in [1.165, 1.54) is 0 Å². The molecule has 0 aliphatic carbocycles. The van der Waals surface area contributed by atoms with Crippen molar-refractivity contribution in [3.05, 3.63) is 12.7 Å². The van der Waals surface area contributed by atoms with Crippen LogP contribution >= 0.6 is 0 Å². The van der Waals surface area contributed by atoms with Crippen LogP contribution in [0.15, 0.2) is 17.6 Å². The van der Waals surface area contributed by atoms with Crippen molar-refractivity contribution in [3.8, 4) is 0 Å². The van der Waals surface area contributed by atoms with E-state index < -0.39 is 12.2 Å². The highest BCUT2D eigenvalue weighted by Crippen LogP contribution is 1.86. The van der Waals surface area contributed by atoms with Crippen LogP contribution in [0.25, 0.3) is 0 Å². The number of rotatable bonds is 4. The largest absolute Gasteiger partial charge is 0.458 e. The Morgan fingerprint density at radius 1 is 1.91 bits per heavy atom. The molecule has 0 aromatic rings. The Bertz CT molecular complexity index is 195. The Hall–Kier alpha value is -1.45. The maximum atomic E-state index is 10.3. The van der Waals surface area contributed by atoms with Gasteiger partial charge in [-0.2, -0.15) is 4.99 Å². The van der Waals surface area contributed by atoms with Gasteiger partial charge in [0.15, 0.2) is 6.23 Å². The van der Waals surface area contributed by atoms with Crippen molar-refractivity contribution in [1.82, 2.24) is 0 Å². The molecule has 0 aromatic heterocycles. The summed E-state index contributed by atoms with van der Waals surface area (Å²) < 4.78 is 4.33. The van der Waals surface area contributed by atoms with Crippen LogP contribution in [0.2, 0.25) is 0 Å². The zero-order chi connectivity index (χ0) is 8.69. The Morgan fingerprint density at radius 2 is 2.55 bits per heavy atom. The number of esters is 1. The zero-order valence-corrected chi connectivity index (χ0v) is 5.69. The molecule has 0 fully saturated rings. The smallest absolute Gasteiger partial charge is 0.330 e. The van der Waals surface area contributed by atoms with E-state index in [1.54, 1.807) is 0 Å². The highest BCUT2D eigenvalue weighted by molar-refractivity contribution is 5.81. The van der Waals surface area contributed by atoms with E-state index in [-0.39, 0.29) is 6.61 Å². The molecule has 11 heavy (non-hydrogen) atoms. The second-order valence-electron chi connectivity index (χ2n) is 1.54. The first-order chi connectivity index (χ1) is 5.20. The van der Waals surface area contributed by atoms with Crippen molar-refractivity contribution < 1.29 is 19.4 Å². The number of ether oxygens (including phenoxy) is 1. The monoisotopic (exact) mass is 157 g/mol. The van der Waals surface area contributed by atoms with Gasteiger partial charge in [0.25, 0.3) is 0 Å². The van der Waals surface area contributed by atoms with Crippen LogP contribution in [-0.2, 0) is 14.3 Å². The van der Waals surface area contributed by atoms with Crippen molar-refractivity contribution in [1.29, 1.82) is 0 Å². The molecule has 1 atom stereocenters. The van der Waals surface area contributed by atoms with Crippen LogP contribution in [0.5, 0.6) is 0 Å². The molecule has 1 N–H and O–H groups in total. The molecule has 0 spiro atoms. The van der Waals surface area contributed by atoms with Gasteiger partial charge in [0.05, 0.1) is 0 Å². The molecule has 1 unspecified atom stereocenters. The fourth-order valence-corrected chi connectivity index (χ4v) is 0.314. The number of isocyanates is 1. The van der Waals surface area contributed by atoms with Crippen LogP contribution in [0.3, 0.4) is 0 Å². The summed E-state index contributed by atoms with van der Waals surface area (Å²) >= 11 is 0. The highest BCUT2D eigenvalue weighted by Gasteiger charge is 2.02. The molecule has 0 aliphatic heterocycles. The van der Waals surface area contributed by atoms with Gasteiger partial charge in [0.2, 0.25) is 6.08 Å². The number of carbonyl (C=O) groups excluding carboxylic acids is 2. The molecule has 0 saturated carbocycles.